The maximum atomic E-state index is 13.7. The van der Waals surface area contributed by atoms with Gasteiger partial charge < -0.3 is 9.64 Å². The number of aryl methyl sites for hydroxylation is 1. The van der Waals surface area contributed by atoms with Gasteiger partial charge in [0, 0.05) is 29.3 Å². The molecule has 1 heterocycles. The number of pyridine rings is 1. The number of hydrogen-bond donors (Lipinski definition) is 0. The molecule has 0 amide bonds. The maximum Gasteiger partial charge on any atom is 0.221 e. The summed E-state index contributed by atoms with van der Waals surface area (Å²) in [5.41, 5.74) is 1.86. The highest BCUT2D eigenvalue weighted by atomic mass is 19.1. The highest BCUT2D eigenvalue weighted by Crippen LogP contribution is 2.35. The summed E-state index contributed by atoms with van der Waals surface area (Å²) in [4.78, 5) is 6.57. The van der Waals surface area contributed by atoms with Crippen molar-refractivity contribution in [2.45, 2.75) is 6.92 Å². The predicted molar refractivity (Wildman–Crippen MR) is 95.9 cm³/mol. The SMILES string of the molecule is Cc1nc(OCCN(C)C)c2ccccc2c1-c1cc(F)cc(F)c1. The molecule has 130 valence electrons. The summed E-state index contributed by atoms with van der Waals surface area (Å²) >= 11 is 0. The Hall–Kier alpha value is -2.53. The van der Waals surface area contributed by atoms with E-state index in [1.807, 2.05) is 50.2 Å². The predicted octanol–water partition coefficient (Wildman–Crippen LogP) is 4.43. The van der Waals surface area contributed by atoms with E-state index in [1.54, 1.807) is 0 Å². The largest absolute Gasteiger partial charge is 0.476 e. The third-order valence-electron chi connectivity index (χ3n) is 3.99. The summed E-state index contributed by atoms with van der Waals surface area (Å²) in [5, 5.41) is 1.69. The molecule has 0 saturated heterocycles. The lowest BCUT2D eigenvalue weighted by Gasteiger charge is -2.16. The molecule has 3 aromatic rings. The number of fused-ring (bicyclic) bond motifs is 1. The van der Waals surface area contributed by atoms with Crippen LogP contribution in [0.3, 0.4) is 0 Å². The van der Waals surface area contributed by atoms with Crippen molar-refractivity contribution in [2.75, 3.05) is 27.2 Å². The van der Waals surface area contributed by atoms with Crippen molar-refractivity contribution in [2.24, 2.45) is 0 Å². The minimum Gasteiger partial charge on any atom is -0.476 e. The molecule has 0 unspecified atom stereocenters. The third kappa shape index (κ3) is 3.77. The molecule has 0 bridgehead atoms. The van der Waals surface area contributed by atoms with Crippen LogP contribution in [0.25, 0.3) is 21.9 Å². The van der Waals surface area contributed by atoms with Gasteiger partial charge >= 0.3 is 0 Å². The minimum atomic E-state index is -0.607. The van der Waals surface area contributed by atoms with Crippen LogP contribution in [0.4, 0.5) is 8.78 Å². The zero-order chi connectivity index (χ0) is 18.0. The van der Waals surface area contributed by atoms with Gasteiger partial charge in [0.2, 0.25) is 5.88 Å². The van der Waals surface area contributed by atoms with Gasteiger partial charge in [-0.2, -0.15) is 0 Å². The first-order valence-electron chi connectivity index (χ1n) is 8.09. The Bertz CT molecular complexity index is 889. The van der Waals surface area contributed by atoms with Gasteiger partial charge in [-0.15, -0.1) is 0 Å². The van der Waals surface area contributed by atoms with Crippen LogP contribution >= 0.6 is 0 Å². The molecule has 2 aromatic carbocycles. The van der Waals surface area contributed by atoms with E-state index in [0.717, 1.165) is 23.4 Å². The number of halogens is 2. The molecule has 3 nitrogen and oxygen atoms in total. The van der Waals surface area contributed by atoms with E-state index >= 15 is 0 Å². The van der Waals surface area contributed by atoms with E-state index < -0.39 is 11.6 Å². The smallest absolute Gasteiger partial charge is 0.221 e. The minimum absolute atomic E-state index is 0.471. The zero-order valence-corrected chi connectivity index (χ0v) is 14.5. The normalized spacial score (nSPS) is 11.3. The van der Waals surface area contributed by atoms with Crippen LogP contribution in [0.1, 0.15) is 5.69 Å². The molecule has 1 aromatic heterocycles. The highest BCUT2D eigenvalue weighted by Gasteiger charge is 2.15. The van der Waals surface area contributed by atoms with E-state index in [4.69, 9.17) is 4.74 Å². The van der Waals surface area contributed by atoms with Crippen LogP contribution < -0.4 is 4.74 Å². The topological polar surface area (TPSA) is 25.4 Å². The Balaban J connectivity index is 2.13. The van der Waals surface area contributed by atoms with Gasteiger partial charge in [0.1, 0.15) is 18.2 Å². The Morgan fingerprint density at radius 2 is 1.64 bits per heavy atom. The van der Waals surface area contributed by atoms with Crippen molar-refractivity contribution in [3.63, 3.8) is 0 Å². The monoisotopic (exact) mass is 342 g/mol. The number of hydrogen-bond acceptors (Lipinski definition) is 3. The molecule has 0 aliphatic rings. The van der Waals surface area contributed by atoms with Gasteiger partial charge in [-0.05, 0) is 50.2 Å². The van der Waals surface area contributed by atoms with Gasteiger partial charge in [0.05, 0.1) is 0 Å². The van der Waals surface area contributed by atoms with Crippen molar-refractivity contribution in [1.29, 1.82) is 0 Å². The Morgan fingerprint density at radius 3 is 2.28 bits per heavy atom. The van der Waals surface area contributed by atoms with Crippen LogP contribution in [0.2, 0.25) is 0 Å². The van der Waals surface area contributed by atoms with Crippen molar-refractivity contribution in [3.05, 3.63) is 59.8 Å². The zero-order valence-electron chi connectivity index (χ0n) is 14.5. The van der Waals surface area contributed by atoms with E-state index in [1.165, 1.54) is 12.1 Å². The van der Waals surface area contributed by atoms with Crippen LogP contribution in [0.15, 0.2) is 42.5 Å². The lowest BCUT2D eigenvalue weighted by molar-refractivity contribution is 0.256. The number of rotatable bonds is 5. The highest BCUT2D eigenvalue weighted by molar-refractivity contribution is 6.00. The molecule has 3 rings (SSSR count). The molecule has 0 saturated carbocycles. The number of ether oxygens (including phenoxy) is 1. The van der Waals surface area contributed by atoms with Crippen LogP contribution in [0.5, 0.6) is 5.88 Å². The lowest BCUT2D eigenvalue weighted by atomic mass is 9.97. The van der Waals surface area contributed by atoms with Gasteiger partial charge in [-0.25, -0.2) is 13.8 Å². The molecule has 0 fully saturated rings. The lowest BCUT2D eigenvalue weighted by Crippen LogP contribution is -2.19. The molecule has 5 heteroatoms. The fourth-order valence-electron chi connectivity index (χ4n) is 2.85. The van der Waals surface area contributed by atoms with Gasteiger partial charge in [0.25, 0.3) is 0 Å². The summed E-state index contributed by atoms with van der Waals surface area (Å²) in [7, 11) is 3.95. The fourth-order valence-corrected chi connectivity index (χ4v) is 2.85. The standard InChI is InChI=1S/C20H20F2N2O/c1-13-19(14-10-15(21)12-16(22)11-14)17-6-4-5-7-18(17)20(23-13)25-9-8-24(2)3/h4-7,10-12H,8-9H2,1-3H3. The van der Waals surface area contributed by atoms with Crippen LogP contribution in [-0.2, 0) is 0 Å². The van der Waals surface area contributed by atoms with Crippen molar-refractivity contribution in [1.82, 2.24) is 9.88 Å². The molecule has 25 heavy (non-hydrogen) atoms. The maximum absolute atomic E-state index is 13.7. The van der Waals surface area contributed by atoms with E-state index in [9.17, 15) is 8.78 Å². The van der Waals surface area contributed by atoms with Crippen LogP contribution in [-0.4, -0.2) is 37.1 Å². The summed E-state index contributed by atoms with van der Waals surface area (Å²) in [6.45, 7) is 3.10. The van der Waals surface area contributed by atoms with E-state index in [-0.39, 0.29) is 0 Å². The summed E-state index contributed by atoms with van der Waals surface area (Å²) in [6, 6.07) is 11.1. The third-order valence-corrected chi connectivity index (χ3v) is 3.99. The Morgan fingerprint density at radius 1 is 1.00 bits per heavy atom. The first-order valence-corrected chi connectivity index (χ1v) is 8.09. The molecule has 0 spiro atoms. The van der Waals surface area contributed by atoms with Gasteiger partial charge in [0.15, 0.2) is 0 Å². The average Bonchev–Trinajstić information content (AvgIpc) is 2.53. The Labute approximate surface area is 145 Å². The number of benzene rings is 2. The Kier molecular flexibility index (Phi) is 4.95. The second-order valence-electron chi connectivity index (χ2n) is 6.23. The van der Waals surface area contributed by atoms with E-state index in [0.29, 0.717) is 29.3 Å². The van der Waals surface area contributed by atoms with Gasteiger partial charge in [-0.3, -0.25) is 0 Å². The van der Waals surface area contributed by atoms with Crippen molar-refractivity contribution < 1.29 is 13.5 Å². The number of nitrogens with zero attached hydrogens (tertiary/aromatic N) is 2. The summed E-state index contributed by atoms with van der Waals surface area (Å²) < 4.78 is 33.2. The summed E-state index contributed by atoms with van der Waals surface area (Å²) in [5.74, 6) is -0.676. The molecular weight excluding hydrogens is 322 g/mol. The fraction of sp³-hybridized carbons (Fsp3) is 0.250. The quantitative estimate of drug-likeness (QED) is 0.686. The van der Waals surface area contributed by atoms with Crippen molar-refractivity contribution in [3.8, 4) is 17.0 Å². The molecule has 0 atom stereocenters. The van der Waals surface area contributed by atoms with E-state index in [2.05, 4.69) is 4.98 Å². The second kappa shape index (κ2) is 7.15. The molecule has 0 radical (unpaired) electrons. The molecular formula is C20H20F2N2O. The van der Waals surface area contributed by atoms with Gasteiger partial charge in [-0.1, -0.05) is 18.2 Å². The van der Waals surface area contributed by atoms with Crippen molar-refractivity contribution >= 4 is 10.8 Å². The first-order chi connectivity index (χ1) is 12.0. The second-order valence-corrected chi connectivity index (χ2v) is 6.23. The molecule has 0 aliphatic heterocycles. The molecule has 0 aliphatic carbocycles. The summed E-state index contributed by atoms with van der Waals surface area (Å²) in [6.07, 6.45) is 0. The number of likely N-dealkylation sites (N-methyl/N-ethyl adjacent to an activating group) is 1. The number of aromatic nitrogens is 1. The average molecular weight is 342 g/mol. The first kappa shape index (κ1) is 17.3. The molecule has 0 N–H and O–H groups in total. The van der Waals surface area contributed by atoms with Crippen LogP contribution in [0, 0.1) is 18.6 Å².